The van der Waals surface area contributed by atoms with Crippen LogP contribution >= 0.6 is 0 Å². The van der Waals surface area contributed by atoms with Crippen molar-refractivity contribution in [3.8, 4) is 5.75 Å². The average molecular weight is 1430 g/mol. The van der Waals surface area contributed by atoms with Gasteiger partial charge in [0, 0.05) is 25.7 Å². The Kier molecular flexibility index (Phi) is 37.0. The Hall–Kier alpha value is -10.5. The van der Waals surface area contributed by atoms with Crippen molar-refractivity contribution in [3.05, 3.63) is 65.7 Å². The van der Waals surface area contributed by atoms with Gasteiger partial charge in [-0.3, -0.25) is 71.9 Å². The van der Waals surface area contributed by atoms with Gasteiger partial charge in [0.1, 0.15) is 72.2 Å². The third kappa shape index (κ3) is 31.1. The molecule has 0 radical (unpaired) electrons. The van der Waals surface area contributed by atoms with Crippen LogP contribution in [-0.4, -0.2) is 257 Å². The molecular formula is C62H91N13O26. The lowest BCUT2D eigenvalue weighted by atomic mass is 10.00. The minimum absolute atomic E-state index is 0.110. The zero-order valence-electron chi connectivity index (χ0n) is 56.0. The topological polar surface area (TPSA) is 646 Å². The van der Waals surface area contributed by atoms with Crippen LogP contribution in [0.3, 0.4) is 0 Å². The second kappa shape index (κ2) is 43.1. The van der Waals surface area contributed by atoms with Crippen molar-refractivity contribution in [2.45, 2.75) is 178 Å². The number of nitrogens with two attached hydrogens (primary N) is 1. The highest BCUT2D eigenvalue weighted by Gasteiger charge is 2.39. The van der Waals surface area contributed by atoms with E-state index in [-0.39, 0.29) is 37.4 Å². The van der Waals surface area contributed by atoms with Gasteiger partial charge in [0.05, 0.1) is 51.0 Å². The Morgan fingerprint density at radius 3 is 1.21 bits per heavy atom. The number of phenols is 1. The molecule has 101 heavy (non-hydrogen) atoms. The summed E-state index contributed by atoms with van der Waals surface area (Å²) in [5, 5.41) is 126. The van der Waals surface area contributed by atoms with E-state index in [0.29, 0.717) is 11.1 Å². The number of phenolic OH excluding ortho intramolecular Hbond substituents is 1. The molecule has 0 aromatic heterocycles. The van der Waals surface area contributed by atoms with E-state index in [2.05, 4.69) is 53.2 Å². The van der Waals surface area contributed by atoms with Crippen LogP contribution in [0.2, 0.25) is 0 Å². The molecule has 0 heterocycles. The summed E-state index contributed by atoms with van der Waals surface area (Å²) < 4.78 is 0. The fraction of sp³-hybridized carbons (Fsp3) is 0.548. The number of carbonyl (C=O) groups excluding carboxylic acids is 12. The molecule has 2 aromatic carbocycles. The Morgan fingerprint density at radius 2 is 0.762 bits per heavy atom. The number of nitrogens with one attached hydrogen (secondary N) is 12. The van der Waals surface area contributed by atoms with Gasteiger partial charge in [0.25, 0.3) is 0 Å². The van der Waals surface area contributed by atoms with E-state index < -0.39 is 237 Å². The Balaban J connectivity index is 2.33. The minimum Gasteiger partial charge on any atom is -0.508 e. The van der Waals surface area contributed by atoms with Crippen LogP contribution in [0.15, 0.2) is 54.6 Å². The van der Waals surface area contributed by atoms with E-state index in [1.54, 1.807) is 32.0 Å². The van der Waals surface area contributed by atoms with Gasteiger partial charge in [-0.05, 0) is 68.2 Å². The molecule has 24 N–H and O–H groups in total. The van der Waals surface area contributed by atoms with Crippen molar-refractivity contribution < 1.29 is 128 Å². The molecule has 0 bridgehead atoms. The fourth-order valence-corrected chi connectivity index (χ4v) is 9.26. The molecule has 39 nitrogen and oxygen atoms in total. The fourth-order valence-electron chi connectivity index (χ4n) is 9.26. The highest BCUT2D eigenvalue weighted by molar-refractivity contribution is 6.00. The van der Waals surface area contributed by atoms with Gasteiger partial charge in [0.2, 0.25) is 70.9 Å². The van der Waals surface area contributed by atoms with Crippen molar-refractivity contribution in [2.24, 2.45) is 17.6 Å². The molecule has 0 aliphatic carbocycles. The maximum absolute atomic E-state index is 14.0. The number of carbonyl (C=O) groups is 16. The third-order valence-electron chi connectivity index (χ3n) is 14.8. The summed E-state index contributed by atoms with van der Waals surface area (Å²) in [6.45, 7) is 3.58. The zero-order valence-corrected chi connectivity index (χ0v) is 56.0. The van der Waals surface area contributed by atoms with E-state index in [1.807, 2.05) is 10.6 Å². The SMILES string of the molecule is CC(C)C[C@H](NC(=O)[C@H](Cc1ccc(O)cc1)NC(=O)[C@H](CO)NC(=O)[C@H](CO)NC(=O)[C@@H](NC(=O)[C@H](CC(=O)O)NC(=O)[C@H](CO)NC(=O)[C@@H](NC(=O)[C@H](Cc1ccccc1)NC(=O)[C@@H](NC(=O)CNC(=O)[C@@H](N)CCC(=O)O)[C@@H](C)O)[C@@H](C)O)C(C)C)C(=O)N[C@@H](CCC(=O)O)C(=O)O. The largest absolute Gasteiger partial charge is 0.508 e. The van der Waals surface area contributed by atoms with Crippen molar-refractivity contribution in [1.82, 2.24) is 63.8 Å². The summed E-state index contributed by atoms with van der Waals surface area (Å²) in [5.41, 5.74) is 6.36. The Bertz CT molecular complexity index is 3210. The summed E-state index contributed by atoms with van der Waals surface area (Å²) in [4.78, 5) is 209. The molecular weight excluding hydrogens is 1340 g/mol. The number of aliphatic hydroxyl groups excluding tert-OH is 5. The van der Waals surface area contributed by atoms with E-state index in [1.165, 1.54) is 50.2 Å². The Labute approximate surface area is 577 Å². The lowest BCUT2D eigenvalue weighted by Gasteiger charge is -2.29. The number of benzene rings is 2. The predicted octanol–water partition coefficient (Wildman–Crippen LogP) is -8.32. The first kappa shape index (κ1) is 86.6. The molecule has 560 valence electrons. The van der Waals surface area contributed by atoms with Crippen LogP contribution in [0.5, 0.6) is 5.75 Å². The van der Waals surface area contributed by atoms with Crippen molar-refractivity contribution in [3.63, 3.8) is 0 Å². The summed E-state index contributed by atoms with van der Waals surface area (Å²) in [5.74, 6) is -21.9. The number of hydrogen-bond acceptors (Lipinski definition) is 23. The number of amides is 12. The molecule has 2 rings (SSSR count). The second-order valence-electron chi connectivity index (χ2n) is 24.1. The highest BCUT2D eigenvalue weighted by Crippen LogP contribution is 2.15. The van der Waals surface area contributed by atoms with Crippen LogP contribution in [0.25, 0.3) is 0 Å². The maximum Gasteiger partial charge on any atom is 0.326 e. The average Bonchev–Trinajstić information content (AvgIpc) is 0.857. The first-order valence-corrected chi connectivity index (χ1v) is 31.6. The van der Waals surface area contributed by atoms with Gasteiger partial charge in [-0.1, -0.05) is 70.2 Å². The predicted molar refractivity (Wildman–Crippen MR) is 347 cm³/mol. The van der Waals surface area contributed by atoms with Gasteiger partial charge < -0.3 is 121 Å². The van der Waals surface area contributed by atoms with E-state index in [9.17, 15) is 118 Å². The van der Waals surface area contributed by atoms with Crippen LogP contribution in [0, 0.1) is 11.8 Å². The number of rotatable bonds is 45. The van der Waals surface area contributed by atoms with Crippen LogP contribution in [-0.2, 0) is 89.6 Å². The minimum atomic E-state index is -2.14. The van der Waals surface area contributed by atoms with Gasteiger partial charge in [-0.15, -0.1) is 0 Å². The standard InChI is InChI=1S/C62H91N13O26/c1-28(2)20-37(52(90)65-36(62(100)101)17-19-46(85)86)66-53(91)38(22-33-12-14-34(81)15-13-33)67-56(94)41(25-76)70-58(96)43(27-78)71-59(97)48(29(3)4)74-55(93)40(23-47(87)88)68-57(95)42(26-77)72-61(99)50(31(6)80)75-54(92)39(21-32-10-8-7-9-11-32)69-60(98)49(30(5)79)73-44(82)24-64-51(89)35(63)16-18-45(83)84/h7-15,28-31,35-43,48-50,76-81H,16-27,63H2,1-6H3,(H,64,89)(H,65,90)(H,66,91)(H,67,94)(H,68,95)(H,69,98)(H,70,96)(H,71,97)(H,72,99)(H,73,82)(H,74,93)(H,75,92)(H,83,84)(H,85,86)(H,87,88)(H,100,101)/t30-,31-,35+,36+,37+,38+,39+,40+,41+,42+,43+,48+,49+,50+/m1/s1. The number of aromatic hydroxyl groups is 1. The van der Waals surface area contributed by atoms with E-state index in [0.717, 1.165) is 13.8 Å². The van der Waals surface area contributed by atoms with Crippen molar-refractivity contribution in [1.29, 1.82) is 0 Å². The molecule has 0 unspecified atom stereocenters. The molecule has 2 aromatic rings. The number of carboxylic acids is 4. The molecule has 39 heteroatoms. The summed E-state index contributed by atoms with van der Waals surface area (Å²) in [6, 6.07) is -8.65. The van der Waals surface area contributed by atoms with Gasteiger partial charge in [0.15, 0.2) is 0 Å². The number of carboxylic acid groups (broad SMARTS) is 4. The normalized spacial score (nSPS) is 15.3. The summed E-state index contributed by atoms with van der Waals surface area (Å²) in [7, 11) is 0. The Morgan fingerprint density at radius 1 is 0.396 bits per heavy atom. The molecule has 14 atom stereocenters. The van der Waals surface area contributed by atoms with Gasteiger partial charge in [-0.2, -0.15) is 0 Å². The van der Waals surface area contributed by atoms with Crippen LogP contribution < -0.4 is 69.5 Å². The summed E-state index contributed by atoms with van der Waals surface area (Å²) >= 11 is 0. The molecule has 0 saturated heterocycles. The van der Waals surface area contributed by atoms with E-state index >= 15 is 0 Å². The van der Waals surface area contributed by atoms with Crippen molar-refractivity contribution >= 4 is 94.8 Å². The molecule has 0 aliphatic rings. The van der Waals surface area contributed by atoms with Crippen LogP contribution in [0.1, 0.15) is 91.2 Å². The molecule has 0 saturated carbocycles. The molecule has 0 spiro atoms. The number of aliphatic hydroxyl groups is 5. The molecule has 0 aliphatic heterocycles. The third-order valence-corrected chi connectivity index (χ3v) is 14.8. The monoisotopic (exact) mass is 1430 g/mol. The van der Waals surface area contributed by atoms with Crippen LogP contribution in [0.4, 0.5) is 0 Å². The first-order chi connectivity index (χ1) is 47.3. The smallest absolute Gasteiger partial charge is 0.326 e. The lowest BCUT2D eigenvalue weighted by molar-refractivity contribution is -0.144. The second-order valence-corrected chi connectivity index (χ2v) is 24.1. The maximum atomic E-state index is 14.0. The summed E-state index contributed by atoms with van der Waals surface area (Å²) in [6.07, 6.45) is -7.48. The van der Waals surface area contributed by atoms with Crippen molar-refractivity contribution in [2.75, 3.05) is 26.4 Å². The number of aliphatic carboxylic acids is 4. The quantitative estimate of drug-likeness (QED) is 0.0293. The lowest BCUT2D eigenvalue weighted by Crippen LogP contribution is -2.63. The zero-order chi connectivity index (χ0) is 76.5. The van der Waals surface area contributed by atoms with Gasteiger partial charge >= 0.3 is 23.9 Å². The number of hydrogen-bond donors (Lipinski definition) is 23. The van der Waals surface area contributed by atoms with Gasteiger partial charge in [-0.25, -0.2) is 4.79 Å². The van der Waals surface area contributed by atoms with E-state index in [4.69, 9.17) is 15.9 Å². The molecule has 12 amide bonds. The first-order valence-electron chi connectivity index (χ1n) is 31.6. The molecule has 0 fully saturated rings. The highest BCUT2D eigenvalue weighted by atomic mass is 16.4.